The van der Waals surface area contributed by atoms with Crippen molar-refractivity contribution in [3.63, 3.8) is 0 Å². The van der Waals surface area contributed by atoms with Crippen LogP contribution in [0.3, 0.4) is 0 Å². The Morgan fingerprint density at radius 1 is 1.32 bits per heavy atom. The van der Waals surface area contributed by atoms with Crippen molar-refractivity contribution >= 4 is 30.1 Å². The highest BCUT2D eigenvalue weighted by atomic mass is 35.5. The Morgan fingerprint density at radius 3 is 2.76 bits per heavy atom. The van der Waals surface area contributed by atoms with E-state index in [1.54, 1.807) is 7.11 Å². The van der Waals surface area contributed by atoms with Crippen molar-refractivity contribution in [1.82, 2.24) is 10.2 Å². The molecular weight excluding hydrogens is 356 g/mol. The van der Waals surface area contributed by atoms with Gasteiger partial charge in [-0.05, 0) is 36.8 Å². The molecule has 0 saturated carbocycles. The van der Waals surface area contributed by atoms with Gasteiger partial charge in [0.2, 0.25) is 5.91 Å². The minimum atomic E-state index is 0. The number of carbonyl (C=O) groups excluding carboxylic acids is 1. The number of halogens is 1. The van der Waals surface area contributed by atoms with Crippen LogP contribution in [0.5, 0.6) is 5.75 Å². The molecule has 1 unspecified atom stereocenters. The van der Waals surface area contributed by atoms with Gasteiger partial charge in [0.1, 0.15) is 5.75 Å². The summed E-state index contributed by atoms with van der Waals surface area (Å²) in [6, 6.07) is 8.64. The van der Waals surface area contributed by atoms with Gasteiger partial charge in [-0.3, -0.25) is 4.79 Å². The van der Waals surface area contributed by atoms with E-state index in [1.165, 1.54) is 11.3 Å². The summed E-state index contributed by atoms with van der Waals surface area (Å²) in [5.74, 6) is 4.19. The molecule has 25 heavy (non-hydrogen) atoms. The van der Waals surface area contributed by atoms with E-state index in [1.807, 2.05) is 23.9 Å². The third-order valence-electron chi connectivity index (χ3n) is 5.09. The van der Waals surface area contributed by atoms with Crippen LogP contribution in [0.1, 0.15) is 24.8 Å². The average molecular weight is 385 g/mol. The van der Waals surface area contributed by atoms with Crippen LogP contribution >= 0.6 is 24.2 Å². The standard InChI is InChI=1S/C19H28N2O2S.ClH/c1-23-18-5-3-2-4-16(18)12-15-6-9-21(10-7-15)19(22)13-17-14-24-11-8-20-17;/h2-5,15,17,20H,6-14H2,1H3;1H. The predicted molar refractivity (Wildman–Crippen MR) is 107 cm³/mol. The summed E-state index contributed by atoms with van der Waals surface area (Å²) in [7, 11) is 1.73. The second-order valence-electron chi connectivity index (χ2n) is 6.77. The lowest BCUT2D eigenvalue weighted by molar-refractivity contribution is -0.133. The van der Waals surface area contributed by atoms with E-state index < -0.39 is 0 Å². The Balaban J connectivity index is 0.00000225. The number of nitrogens with zero attached hydrogens (tertiary/aromatic N) is 1. The monoisotopic (exact) mass is 384 g/mol. The minimum absolute atomic E-state index is 0. The molecule has 0 spiro atoms. The number of carbonyl (C=O) groups is 1. The van der Waals surface area contributed by atoms with Crippen molar-refractivity contribution in [2.24, 2.45) is 5.92 Å². The van der Waals surface area contributed by atoms with E-state index in [-0.39, 0.29) is 12.4 Å². The molecular formula is C19H29ClN2O2S. The highest BCUT2D eigenvalue weighted by Crippen LogP contribution is 2.27. The summed E-state index contributed by atoms with van der Waals surface area (Å²) >= 11 is 1.95. The highest BCUT2D eigenvalue weighted by Gasteiger charge is 2.26. The smallest absolute Gasteiger partial charge is 0.224 e. The first-order valence-corrected chi connectivity index (χ1v) is 10.1. The van der Waals surface area contributed by atoms with Crippen LogP contribution in [0.2, 0.25) is 0 Å². The molecule has 1 atom stereocenters. The third-order valence-corrected chi connectivity index (χ3v) is 6.22. The zero-order valence-corrected chi connectivity index (χ0v) is 16.5. The van der Waals surface area contributed by atoms with Gasteiger partial charge in [0.25, 0.3) is 0 Å². The van der Waals surface area contributed by atoms with Crippen LogP contribution in [0.15, 0.2) is 24.3 Å². The summed E-state index contributed by atoms with van der Waals surface area (Å²) < 4.78 is 5.46. The lowest BCUT2D eigenvalue weighted by atomic mass is 9.89. The van der Waals surface area contributed by atoms with E-state index in [4.69, 9.17) is 4.74 Å². The van der Waals surface area contributed by atoms with Gasteiger partial charge in [-0.25, -0.2) is 0 Å². The molecule has 0 bridgehead atoms. The minimum Gasteiger partial charge on any atom is -0.496 e. The molecule has 140 valence electrons. The summed E-state index contributed by atoms with van der Waals surface area (Å²) in [6.45, 7) is 2.83. The first kappa shape index (κ1) is 20.4. The molecule has 4 nitrogen and oxygen atoms in total. The van der Waals surface area contributed by atoms with Gasteiger partial charge in [0, 0.05) is 43.6 Å². The van der Waals surface area contributed by atoms with Crippen LogP contribution in [-0.4, -0.2) is 55.1 Å². The first-order valence-electron chi connectivity index (χ1n) is 8.97. The Kier molecular flexibility index (Phi) is 8.40. The molecule has 1 aromatic carbocycles. The molecule has 0 aromatic heterocycles. The lowest BCUT2D eigenvalue weighted by Gasteiger charge is -2.33. The molecule has 2 aliphatic rings. The molecule has 0 aliphatic carbocycles. The molecule has 1 N–H and O–H groups in total. The zero-order valence-electron chi connectivity index (χ0n) is 14.9. The van der Waals surface area contributed by atoms with Gasteiger partial charge in [-0.1, -0.05) is 18.2 Å². The summed E-state index contributed by atoms with van der Waals surface area (Å²) in [6.07, 6.45) is 3.89. The predicted octanol–water partition coefficient (Wildman–Crippen LogP) is 2.99. The first-order chi connectivity index (χ1) is 11.8. The molecule has 2 heterocycles. The number of para-hydroxylation sites is 1. The summed E-state index contributed by atoms with van der Waals surface area (Å²) in [5.41, 5.74) is 1.29. The number of benzene rings is 1. The van der Waals surface area contributed by atoms with E-state index in [0.717, 1.165) is 50.4 Å². The van der Waals surface area contributed by atoms with Gasteiger partial charge in [-0.2, -0.15) is 11.8 Å². The maximum atomic E-state index is 12.5. The van der Waals surface area contributed by atoms with Gasteiger partial charge < -0.3 is 15.0 Å². The molecule has 6 heteroatoms. The van der Waals surface area contributed by atoms with E-state index in [9.17, 15) is 4.79 Å². The van der Waals surface area contributed by atoms with Crippen LogP contribution < -0.4 is 10.1 Å². The Bertz CT molecular complexity index is 544. The summed E-state index contributed by atoms with van der Waals surface area (Å²) in [4.78, 5) is 14.6. The molecule has 2 fully saturated rings. The maximum Gasteiger partial charge on any atom is 0.224 e. The van der Waals surface area contributed by atoms with E-state index in [0.29, 0.717) is 24.3 Å². The Morgan fingerprint density at radius 2 is 2.08 bits per heavy atom. The third kappa shape index (κ3) is 5.80. The Hall–Kier alpha value is -0.910. The van der Waals surface area contributed by atoms with Crippen molar-refractivity contribution in [1.29, 1.82) is 0 Å². The second kappa shape index (κ2) is 10.3. The number of ether oxygens (including phenoxy) is 1. The zero-order chi connectivity index (χ0) is 16.8. The number of nitrogens with one attached hydrogen (secondary N) is 1. The van der Waals surface area contributed by atoms with Gasteiger partial charge in [-0.15, -0.1) is 12.4 Å². The number of methoxy groups -OCH3 is 1. The summed E-state index contributed by atoms with van der Waals surface area (Å²) in [5, 5.41) is 3.46. The van der Waals surface area contributed by atoms with Crippen LogP contribution in [0.25, 0.3) is 0 Å². The largest absolute Gasteiger partial charge is 0.496 e. The van der Waals surface area contributed by atoms with Crippen molar-refractivity contribution in [2.45, 2.75) is 31.7 Å². The fraction of sp³-hybridized carbons (Fsp3) is 0.632. The topological polar surface area (TPSA) is 41.6 Å². The molecule has 2 saturated heterocycles. The van der Waals surface area contributed by atoms with Crippen LogP contribution in [-0.2, 0) is 11.2 Å². The fourth-order valence-corrected chi connectivity index (χ4v) is 4.61. The number of piperidine rings is 1. The molecule has 3 rings (SSSR count). The number of likely N-dealkylation sites (tertiary alicyclic amines) is 1. The lowest BCUT2D eigenvalue weighted by Crippen LogP contribution is -2.45. The quantitative estimate of drug-likeness (QED) is 0.847. The molecule has 1 amide bonds. The second-order valence-corrected chi connectivity index (χ2v) is 7.92. The maximum absolute atomic E-state index is 12.5. The van der Waals surface area contributed by atoms with Crippen molar-refractivity contribution in [3.8, 4) is 5.75 Å². The SMILES string of the molecule is COc1ccccc1CC1CCN(C(=O)CC2CSCCN2)CC1.Cl. The molecule has 0 radical (unpaired) electrons. The number of thioether (sulfide) groups is 1. The molecule has 1 aromatic rings. The normalized spacial score (nSPS) is 21.5. The van der Waals surface area contributed by atoms with Crippen molar-refractivity contribution in [2.75, 3.05) is 38.2 Å². The number of hydrogen-bond acceptors (Lipinski definition) is 4. The van der Waals surface area contributed by atoms with Crippen LogP contribution in [0, 0.1) is 5.92 Å². The van der Waals surface area contributed by atoms with E-state index in [2.05, 4.69) is 22.3 Å². The average Bonchev–Trinajstić information content (AvgIpc) is 2.63. The van der Waals surface area contributed by atoms with Gasteiger partial charge in [0.15, 0.2) is 0 Å². The van der Waals surface area contributed by atoms with Crippen LogP contribution in [0.4, 0.5) is 0 Å². The number of amides is 1. The number of hydrogen-bond donors (Lipinski definition) is 1. The van der Waals surface area contributed by atoms with Crippen molar-refractivity contribution < 1.29 is 9.53 Å². The van der Waals surface area contributed by atoms with Crippen molar-refractivity contribution in [3.05, 3.63) is 29.8 Å². The highest BCUT2D eigenvalue weighted by molar-refractivity contribution is 7.99. The fourth-order valence-electron chi connectivity index (χ4n) is 3.66. The van der Waals surface area contributed by atoms with E-state index >= 15 is 0 Å². The van der Waals surface area contributed by atoms with Gasteiger partial charge >= 0.3 is 0 Å². The number of rotatable bonds is 5. The van der Waals surface area contributed by atoms with Gasteiger partial charge in [0.05, 0.1) is 7.11 Å². The molecule has 2 aliphatic heterocycles. The Labute approximate surface area is 161 Å².